The number of aryl methyl sites for hydroxylation is 1. The van der Waals surface area contributed by atoms with Crippen LogP contribution in [-0.4, -0.2) is 18.5 Å². The van der Waals surface area contributed by atoms with E-state index in [1.807, 2.05) is 24.3 Å². The molecule has 0 aliphatic rings. The molecule has 0 spiro atoms. The molecule has 106 valence electrons. The van der Waals surface area contributed by atoms with Gasteiger partial charge in [0.15, 0.2) is 0 Å². The minimum absolute atomic E-state index is 0.790. The van der Waals surface area contributed by atoms with Crippen molar-refractivity contribution < 1.29 is 0 Å². The Morgan fingerprint density at radius 1 is 1.05 bits per heavy atom. The minimum atomic E-state index is 0.790. The average molecular weight is 289 g/mol. The number of anilines is 1. The fourth-order valence-electron chi connectivity index (χ4n) is 2.28. The minimum Gasteiger partial charge on any atom is -0.399 e. The number of nitrogens with zero attached hydrogens (tertiary/aromatic N) is 1. The molecule has 2 N–H and O–H groups in total. The molecule has 2 nitrogen and oxygen atoms in total. The van der Waals surface area contributed by atoms with Crippen molar-refractivity contribution in [1.82, 2.24) is 4.90 Å². The number of rotatable bonds is 6. The zero-order valence-electron chi connectivity index (χ0n) is 11.8. The zero-order valence-corrected chi connectivity index (χ0v) is 12.6. The number of benzene rings is 2. The van der Waals surface area contributed by atoms with E-state index in [9.17, 15) is 0 Å². The summed E-state index contributed by atoms with van der Waals surface area (Å²) in [6.07, 6.45) is 2.20. The topological polar surface area (TPSA) is 29.3 Å². The van der Waals surface area contributed by atoms with Gasteiger partial charge in [-0.3, -0.25) is 0 Å². The maximum atomic E-state index is 5.89. The first kappa shape index (κ1) is 14.9. The van der Waals surface area contributed by atoms with E-state index in [-0.39, 0.29) is 0 Å². The standard InChI is InChI=1S/C17H21ClN2/c1-20(13-15-7-9-16(18)10-8-15)11-3-5-14-4-2-6-17(19)12-14/h2,4,6-10,12H,3,5,11,13,19H2,1H3. The Bertz CT molecular complexity index is 537. The lowest BCUT2D eigenvalue weighted by molar-refractivity contribution is 0.322. The highest BCUT2D eigenvalue weighted by Gasteiger charge is 2.01. The van der Waals surface area contributed by atoms with Crippen molar-refractivity contribution >= 4 is 17.3 Å². The summed E-state index contributed by atoms with van der Waals surface area (Å²) >= 11 is 5.89. The molecule has 20 heavy (non-hydrogen) atoms. The fourth-order valence-corrected chi connectivity index (χ4v) is 2.41. The van der Waals surface area contributed by atoms with Crippen molar-refractivity contribution in [2.75, 3.05) is 19.3 Å². The maximum Gasteiger partial charge on any atom is 0.0406 e. The number of nitrogen functional groups attached to an aromatic ring is 1. The van der Waals surface area contributed by atoms with Gasteiger partial charge in [0.2, 0.25) is 0 Å². The predicted octanol–water partition coefficient (Wildman–Crippen LogP) is 3.99. The molecule has 0 aliphatic carbocycles. The quantitative estimate of drug-likeness (QED) is 0.815. The molecule has 0 radical (unpaired) electrons. The van der Waals surface area contributed by atoms with E-state index in [1.165, 1.54) is 11.1 Å². The van der Waals surface area contributed by atoms with Crippen LogP contribution in [0.4, 0.5) is 5.69 Å². The Hall–Kier alpha value is -1.51. The lowest BCUT2D eigenvalue weighted by Gasteiger charge is -2.16. The third-order valence-electron chi connectivity index (χ3n) is 3.32. The zero-order chi connectivity index (χ0) is 14.4. The molecule has 0 amide bonds. The molecule has 0 heterocycles. The lowest BCUT2D eigenvalue weighted by atomic mass is 10.1. The van der Waals surface area contributed by atoms with E-state index >= 15 is 0 Å². The Labute approximate surface area is 126 Å². The SMILES string of the molecule is CN(CCCc1cccc(N)c1)Cc1ccc(Cl)cc1. The molecule has 2 aromatic rings. The first-order valence-electron chi connectivity index (χ1n) is 6.91. The first-order chi connectivity index (χ1) is 9.63. The number of hydrogen-bond acceptors (Lipinski definition) is 2. The van der Waals surface area contributed by atoms with Gasteiger partial charge in [0.05, 0.1) is 0 Å². The van der Waals surface area contributed by atoms with Crippen LogP contribution in [0.5, 0.6) is 0 Å². The summed E-state index contributed by atoms with van der Waals surface area (Å²) in [7, 11) is 2.15. The second kappa shape index (κ2) is 7.32. The van der Waals surface area contributed by atoms with Gasteiger partial charge in [-0.1, -0.05) is 35.9 Å². The molecular formula is C17H21ClN2. The van der Waals surface area contributed by atoms with Crippen LogP contribution in [0, 0.1) is 0 Å². The molecule has 0 saturated carbocycles. The fraction of sp³-hybridized carbons (Fsp3) is 0.294. The summed E-state index contributed by atoms with van der Waals surface area (Å²) in [5.74, 6) is 0. The van der Waals surface area contributed by atoms with Gasteiger partial charge in [0, 0.05) is 17.3 Å². The van der Waals surface area contributed by atoms with E-state index in [1.54, 1.807) is 0 Å². The van der Waals surface area contributed by atoms with Gasteiger partial charge >= 0.3 is 0 Å². The summed E-state index contributed by atoms with van der Waals surface area (Å²) < 4.78 is 0. The predicted molar refractivity (Wildman–Crippen MR) is 87.0 cm³/mol. The van der Waals surface area contributed by atoms with Crippen LogP contribution in [0.25, 0.3) is 0 Å². The highest BCUT2D eigenvalue weighted by Crippen LogP contribution is 2.12. The Morgan fingerprint density at radius 2 is 1.80 bits per heavy atom. The van der Waals surface area contributed by atoms with E-state index < -0.39 is 0 Å². The average Bonchev–Trinajstić information content (AvgIpc) is 2.41. The van der Waals surface area contributed by atoms with Crippen LogP contribution in [-0.2, 0) is 13.0 Å². The summed E-state index contributed by atoms with van der Waals surface area (Å²) in [5.41, 5.74) is 9.23. The van der Waals surface area contributed by atoms with E-state index in [0.717, 1.165) is 36.6 Å². The molecule has 0 saturated heterocycles. The highest BCUT2D eigenvalue weighted by atomic mass is 35.5. The molecule has 0 bridgehead atoms. The number of nitrogens with two attached hydrogens (primary N) is 1. The van der Waals surface area contributed by atoms with Gasteiger partial charge in [-0.15, -0.1) is 0 Å². The van der Waals surface area contributed by atoms with Crippen molar-refractivity contribution in [1.29, 1.82) is 0 Å². The van der Waals surface area contributed by atoms with Gasteiger partial charge in [-0.2, -0.15) is 0 Å². The van der Waals surface area contributed by atoms with Gasteiger partial charge < -0.3 is 10.6 Å². The molecule has 0 aromatic heterocycles. The Kier molecular flexibility index (Phi) is 5.45. The smallest absolute Gasteiger partial charge is 0.0406 e. The van der Waals surface area contributed by atoms with Crippen LogP contribution < -0.4 is 5.73 Å². The highest BCUT2D eigenvalue weighted by molar-refractivity contribution is 6.30. The molecule has 3 heteroatoms. The molecule has 0 aliphatic heterocycles. The van der Waals surface area contributed by atoms with Gasteiger partial charge in [0.25, 0.3) is 0 Å². The van der Waals surface area contributed by atoms with Crippen molar-refractivity contribution in [3.8, 4) is 0 Å². The third-order valence-corrected chi connectivity index (χ3v) is 3.57. The van der Waals surface area contributed by atoms with Gasteiger partial charge in [-0.05, 0) is 61.8 Å². The number of halogens is 1. The molecule has 0 unspecified atom stereocenters. The summed E-state index contributed by atoms with van der Waals surface area (Å²) in [4.78, 5) is 2.33. The van der Waals surface area contributed by atoms with Crippen LogP contribution in [0.1, 0.15) is 17.5 Å². The van der Waals surface area contributed by atoms with E-state index in [4.69, 9.17) is 17.3 Å². The monoisotopic (exact) mass is 288 g/mol. The summed E-state index contributed by atoms with van der Waals surface area (Å²) in [6, 6.07) is 16.2. The van der Waals surface area contributed by atoms with E-state index in [0.29, 0.717) is 0 Å². The second-order valence-corrected chi connectivity index (χ2v) is 5.65. The van der Waals surface area contributed by atoms with Crippen LogP contribution >= 0.6 is 11.6 Å². The molecule has 2 rings (SSSR count). The van der Waals surface area contributed by atoms with Crippen molar-refractivity contribution in [2.45, 2.75) is 19.4 Å². The first-order valence-corrected chi connectivity index (χ1v) is 7.29. The normalized spacial score (nSPS) is 10.9. The lowest BCUT2D eigenvalue weighted by Crippen LogP contribution is -2.19. The molecule has 0 fully saturated rings. The largest absolute Gasteiger partial charge is 0.399 e. The molecule has 2 aromatic carbocycles. The van der Waals surface area contributed by atoms with Crippen LogP contribution in [0.15, 0.2) is 48.5 Å². The van der Waals surface area contributed by atoms with Crippen LogP contribution in [0.2, 0.25) is 5.02 Å². The number of hydrogen-bond donors (Lipinski definition) is 1. The van der Waals surface area contributed by atoms with E-state index in [2.05, 4.69) is 36.2 Å². The Balaban J connectivity index is 1.75. The van der Waals surface area contributed by atoms with Gasteiger partial charge in [-0.25, -0.2) is 0 Å². The van der Waals surface area contributed by atoms with Gasteiger partial charge in [0.1, 0.15) is 0 Å². The molecular weight excluding hydrogens is 268 g/mol. The Morgan fingerprint density at radius 3 is 2.50 bits per heavy atom. The van der Waals surface area contributed by atoms with Crippen molar-refractivity contribution in [3.63, 3.8) is 0 Å². The maximum absolute atomic E-state index is 5.89. The summed E-state index contributed by atoms with van der Waals surface area (Å²) in [6.45, 7) is 2.02. The van der Waals surface area contributed by atoms with Crippen molar-refractivity contribution in [3.05, 3.63) is 64.7 Å². The molecule has 0 atom stereocenters. The van der Waals surface area contributed by atoms with Crippen LogP contribution in [0.3, 0.4) is 0 Å². The second-order valence-electron chi connectivity index (χ2n) is 5.21. The third kappa shape index (κ3) is 4.87. The summed E-state index contributed by atoms with van der Waals surface area (Å²) in [5, 5.41) is 0.790. The van der Waals surface area contributed by atoms with Crippen molar-refractivity contribution in [2.24, 2.45) is 0 Å².